The second-order valence-corrected chi connectivity index (χ2v) is 6.32. The molecular formula is C21H14FN3O4. The average Bonchev–Trinajstić information content (AvgIpc) is 3.09. The lowest BCUT2D eigenvalue weighted by Gasteiger charge is -2.09. The van der Waals surface area contributed by atoms with E-state index in [9.17, 15) is 14.0 Å². The van der Waals surface area contributed by atoms with Crippen molar-refractivity contribution in [1.82, 2.24) is 10.1 Å². The van der Waals surface area contributed by atoms with E-state index in [1.165, 1.54) is 36.4 Å². The Morgan fingerprint density at radius 3 is 2.52 bits per heavy atom. The van der Waals surface area contributed by atoms with Gasteiger partial charge in [-0.15, -0.1) is 0 Å². The topological polar surface area (TPSA) is 105 Å². The van der Waals surface area contributed by atoms with E-state index < -0.39 is 17.7 Å². The number of nitrogens with one attached hydrogen (secondary N) is 1. The molecule has 0 radical (unpaired) electrons. The van der Waals surface area contributed by atoms with E-state index in [0.717, 1.165) is 0 Å². The second kappa shape index (κ2) is 7.16. The number of benzene rings is 2. The maximum absolute atomic E-state index is 14.2. The summed E-state index contributed by atoms with van der Waals surface area (Å²) in [6, 6.07) is 13.3. The van der Waals surface area contributed by atoms with Crippen molar-refractivity contribution in [3.05, 3.63) is 77.2 Å². The summed E-state index contributed by atoms with van der Waals surface area (Å²) in [5.41, 5.74) is 1.78. The summed E-state index contributed by atoms with van der Waals surface area (Å²) in [4.78, 5) is 28.2. The number of pyridine rings is 1. The Morgan fingerprint density at radius 2 is 1.83 bits per heavy atom. The number of halogens is 1. The van der Waals surface area contributed by atoms with Crippen LogP contribution in [0.2, 0.25) is 0 Å². The third-order valence-electron chi connectivity index (χ3n) is 4.40. The van der Waals surface area contributed by atoms with Crippen LogP contribution in [-0.4, -0.2) is 27.1 Å². The van der Waals surface area contributed by atoms with Gasteiger partial charge in [-0.2, -0.15) is 0 Å². The van der Waals surface area contributed by atoms with Gasteiger partial charge in [-0.05, 0) is 49.4 Å². The van der Waals surface area contributed by atoms with Crippen LogP contribution in [0.25, 0.3) is 22.4 Å². The van der Waals surface area contributed by atoms with Crippen LogP contribution in [0.1, 0.15) is 26.4 Å². The van der Waals surface area contributed by atoms with Gasteiger partial charge in [0.1, 0.15) is 5.82 Å². The van der Waals surface area contributed by atoms with Gasteiger partial charge >= 0.3 is 5.97 Å². The first-order chi connectivity index (χ1) is 13.9. The largest absolute Gasteiger partial charge is 0.478 e. The van der Waals surface area contributed by atoms with Crippen LogP contribution in [-0.2, 0) is 0 Å². The monoisotopic (exact) mass is 391 g/mol. The summed E-state index contributed by atoms with van der Waals surface area (Å²) in [5, 5.41) is 16.0. The van der Waals surface area contributed by atoms with Crippen LogP contribution in [0.4, 0.5) is 10.1 Å². The van der Waals surface area contributed by atoms with Crippen LogP contribution >= 0.6 is 0 Å². The highest BCUT2D eigenvalue weighted by Crippen LogP contribution is 2.29. The van der Waals surface area contributed by atoms with Crippen molar-refractivity contribution in [3.63, 3.8) is 0 Å². The average molecular weight is 391 g/mol. The number of carbonyl (C=O) groups is 2. The molecule has 2 N–H and O–H groups in total. The van der Waals surface area contributed by atoms with Crippen LogP contribution in [0, 0.1) is 12.7 Å². The van der Waals surface area contributed by atoms with E-state index >= 15 is 0 Å². The molecule has 0 aliphatic rings. The summed E-state index contributed by atoms with van der Waals surface area (Å²) in [7, 11) is 0. The van der Waals surface area contributed by atoms with E-state index in [0.29, 0.717) is 16.8 Å². The zero-order valence-electron chi connectivity index (χ0n) is 15.1. The number of anilines is 1. The molecule has 2 heterocycles. The molecule has 0 spiro atoms. The molecule has 2 aromatic carbocycles. The predicted octanol–water partition coefficient (Wildman–Crippen LogP) is 4.29. The molecule has 7 nitrogen and oxygen atoms in total. The minimum absolute atomic E-state index is 0.103. The van der Waals surface area contributed by atoms with Crippen molar-refractivity contribution in [2.24, 2.45) is 0 Å². The number of nitrogens with zero attached hydrogens (tertiary/aromatic N) is 2. The normalized spacial score (nSPS) is 10.8. The Kier molecular flexibility index (Phi) is 4.52. The number of rotatable bonds is 4. The smallest absolute Gasteiger partial charge is 0.335 e. The Hall–Kier alpha value is -4.07. The van der Waals surface area contributed by atoms with Gasteiger partial charge in [-0.25, -0.2) is 14.2 Å². The van der Waals surface area contributed by atoms with Crippen molar-refractivity contribution in [3.8, 4) is 11.3 Å². The minimum atomic E-state index is -1.06. The molecule has 0 aliphatic heterocycles. The van der Waals surface area contributed by atoms with Gasteiger partial charge in [-0.3, -0.25) is 4.79 Å². The van der Waals surface area contributed by atoms with Gasteiger partial charge in [0.2, 0.25) is 0 Å². The van der Waals surface area contributed by atoms with E-state index in [4.69, 9.17) is 9.63 Å². The Labute approximate surface area is 163 Å². The molecular weight excluding hydrogens is 377 g/mol. The van der Waals surface area contributed by atoms with E-state index in [1.54, 1.807) is 25.1 Å². The van der Waals surface area contributed by atoms with Gasteiger partial charge < -0.3 is 14.9 Å². The molecule has 1 amide bonds. The molecule has 0 saturated carbocycles. The quantitative estimate of drug-likeness (QED) is 0.538. The van der Waals surface area contributed by atoms with Crippen LogP contribution in [0.15, 0.2) is 59.1 Å². The molecule has 144 valence electrons. The first-order valence-electron chi connectivity index (χ1n) is 8.60. The molecule has 0 fully saturated rings. The standard InChI is InChI=1S/C21H14FN3O4/c1-11-18-15(19(26)23-13-8-6-12(7-9-13)21(27)28)10-17(24-20(18)29-25-11)14-4-2-3-5-16(14)22/h2-10H,1H3,(H,23,26)(H,27,28). The predicted molar refractivity (Wildman–Crippen MR) is 103 cm³/mol. The molecule has 4 aromatic rings. The van der Waals surface area contributed by atoms with Crippen LogP contribution in [0.3, 0.4) is 0 Å². The SMILES string of the molecule is Cc1noc2nc(-c3ccccc3F)cc(C(=O)Nc3ccc(C(=O)O)cc3)c12. The fraction of sp³-hybridized carbons (Fsp3) is 0.0476. The maximum Gasteiger partial charge on any atom is 0.335 e. The molecule has 4 rings (SSSR count). The summed E-state index contributed by atoms with van der Waals surface area (Å²) >= 11 is 0. The molecule has 29 heavy (non-hydrogen) atoms. The van der Waals surface area contributed by atoms with Crippen molar-refractivity contribution in [2.75, 3.05) is 5.32 Å². The fourth-order valence-electron chi connectivity index (χ4n) is 2.98. The Balaban J connectivity index is 1.77. The number of carboxylic acids is 1. The molecule has 0 saturated heterocycles. The van der Waals surface area contributed by atoms with Gasteiger partial charge in [0.05, 0.1) is 27.9 Å². The summed E-state index contributed by atoms with van der Waals surface area (Å²) in [6.07, 6.45) is 0. The minimum Gasteiger partial charge on any atom is -0.478 e. The number of hydrogen-bond donors (Lipinski definition) is 2. The zero-order chi connectivity index (χ0) is 20.5. The summed E-state index contributed by atoms with van der Waals surface area (Å²) in [5.74, 6) is -2.02. The number of fused-ring (bicyclic) bond motifs is 1. The number of aromatic carboxylic acids is 1. The summed E-state index contributed by atoms with van der Waals surface area (Å²) < 4.78 is 19.4. The second-order valence-electron chi connectivity index (χ2n) is 6.32. The number of amides is 1. The first kappa shape index (κ1) is 18.3. The van der Waals surface area contributed by atoms with Gasteiger partial charge in [-0.1, -0.05) is 17.3 Å². The number of aryl methyl sites for hydroxylation is 1. The van der Waals surface area contributed by atoms with E-state index in [2.05, 4.69) is 15.5 Å². The number of carbonyl (C=O) groups excluding carboxylic acids is 1. The highest BCUT2D eigenvalue weighted by atomic mass is 19.1. The van der Waals surface area contributed by atoms with Crippen molar-refractivity contribution < 1.29 is 23.6 Å². The lowest BCUT2D eigenvalue weighted by Crippen LogP contribution is -2.13. The molecule has 0 aliphatic carbocycles. The van der Waals surface area contributed by atoms with Crippen LogP contribution in [0.5, 0.6) is 0 Å². The fourth-order valence-corrected chi connectivity index (χ4v) is 2.98. The molecule has 8 heteroatoms. The number of carboxylic acid groups (broad SMARTS) is 1. The Morgan fingerprint density at radius 1 is 1.10 bits per heavy atom. The summed E-state index contributed by atoms with van der Waals surface area (Å²) in [6.45, 7) is 1.68. The van der Waals surface area contributed by atoms with E-state index in [1.807, 2.05) is 0 Å². The number of aromatic nitrogens is 2. The molecule has 2 aromatic heterocycles. The van der Waals surface area contributed by atoms with Gasteiger partial charge in [0.25, 0.3) is 11.6 Å². The zero-order valence-corrected chi connectivity index (χ0v) is 15.1. The third-order valence-corrected chi connectivity index (χ3v) is 4.40. The molecule has 0 bridgehead atoms. The number of hydrogen-bond acceptors (Lipinski definition) is 5. The van der Waals surface area contributed by atoms with Gasteiger partial charge in [0.15, 0.2) is 0 Å². The van der Waals surface area contributed by atoms with Gasteiger partial charge in [0, 0.05) is 11.3 Å². The highest BCUT2D eigenvalue weighted by Gasteiger charge is 2.20. The van der Waals surface area contributed by atoms with Crippen molar-refractivity contribution in [2.45, 2.75) is 6.92 Å². The lowest BCUT2D eigenvalue weighted by molar-refractivity contribution is 0.0696. The third kappa shape index (κ3) is 3.43. The maximum atomic E-state index is 14.2. The molecule has 0 atom stereocenters. The Bertz CT molecular complexity index is 1250. The van der Waals surface area contributed by atoms with Crippen LogP contribution < -0.4 is 5.32 Å². The lowest BCUT2D eigenvalue weighted by atomic mass is 10.0. The van der Waals surface area contributed by atoms with Crippen molar-refractivity contribution in [1.29, 1.82) is 0 Å². The highest BCUT2D eigenvalue weighted by molar-refractivity contribution is 6.13. The van der Waals surface area contributed by atoms with Crippen molar-refractivity contribution >= 4 is 28.7 Å². The molecule has 0 unspecified atom stereocenters. The first-order valence-corrected chi connectivity index (χ1v) is 8.60. The van der Waals surface area contributed by atoms with E-state index in [-0.39, 0.29) is 28.1 Å².